The highest BCUT2D eigenvalue weighted by Gasteiger charge is 2.19. The van der Waals surface area contributed by atoms with Gasteiger partial charge in [-0.05, 0) is 118 Å². The number of nitrogens with zero attached hydrogens (tertiary/aromatic N) is 3. The number of rotatable bonds is 15. The van der Waals surface area contributed by atoms with Crippen molar-refractivity contribution in [2.75, 3.05) is 45.6 Å². The molecule has 0 bridgehead atoms. The van der Waals surface area contributed by atoms with E-state index in [0.717, 1.165) is 92.9 Å². The van der Waals surface area contributed by atoms with Crippen molar-refractivity contribution in [1.29, 1.82) is 0 Å². The Labute approximate surface area is 278 Å². The van der Waals surface area contributed by atoms with Crippen LogP contribution in [0.2, 0.25) is 0 Å². The van der Waals surface area contributed by atoms with E-state index < -0.39 is 0 Å². The summed E-state index contributed by atoms with van der Waals surface area (Å²) in [6, 6.07) is 11.2. The zero-order valence-corrected chi connectivity index (χ0v) is 28.2. The lowest BCUT2D eigenvalue weighted by atomic mass is 9.96. The number of pyridine rings is 1. The van der Waals surface area contributed by atoms with E-state index in [0.29, 0.717) is 6.54 Å². The number of aromatic nitrogens is 4. The molecule has 0 saturated heterocycles. The third kappa shape index (κ3) is 8.44. The Kier molecular flexibility index (Phi) is 11.4. The van der Waals surface area contributed by atoms with Crippen LogP contribution in [0.1, 0.15) is 55.1 Å². The van der Waals surface area contributed by atoms with Gasteiger partial charge in [0.2, 0.25) is 0 Å². The Bertz CT molecular complexity index is 1800. The van der Waals surface area contributed by atoms with Gasteiger partial charge in [-0.15, -0.1) is 0 Å². The minimum Gasteiger partial charge on any atom is -0.384 e. The van der Waals surface area contributed by atoms with E-state index >= 15 is 0 Å². The first-order chi connectivity index (χ1) is 22.8. The van der Waals surface area contributed by atoms with Crippen LogP contribution in [-0.4, -0.2) is 65.3 Å². The molecule has 1 saturated carbocycles. The summed E-state index contributed by atoms with van der Waals surface area (Å²) in [6.45, 7) is 15.4. The first-order valence-corrected chi connectivity index (χ1v) is 16.6. The number of anilines is 1. The molecular formula is C39H48FN7. The van der Waals surface area contributed by atoms with E-state index in [2.05, 4.69) is 62.1 Å². The molecule has 4 aromatic rings. The van der Waals surface area contributed by atoms with Gasteiger partial charge < -0.3 is 20.5 Å². The predicted octanol–water partition coefficient (Wildman–Crippen LogP) is 8.29. The van der Waals surface area contributed by atoms with Gasteiger partial charge in [-0.2, -0.15) is 5.10 Å². The maximum absolute atomic E-state index is 14.8. The summed E-state index contributed by atoms with van der Waals surface area (Å²) in [5.74, 6) is 0.485. The number of allylic oxidation sites excluding steroid dienone is 5. The number of aryl methyl sites for hydroxylation is 1. The molecular weight excluding hydrogens is 585 g/mol. The molecule has 1 aliphatic rings. The van der Waals surface area contributed by atoms with Gasteiger partial charge in [0, 0.05) is 36.6 Å². The number of hydrogen-bond acceptors (Lipinski definition) is 5. The highest BCUT2D eigenvalue weighted by atomic mass is 19.1. The van der Waals surface area contributed by atoms with Crippen LogP contribution in [0.3, 0.4) is 0 Å². The Hall–Kier alpha value is -4.53. The van der Waals surface area contributed by atoms with Crippen molar-refractivity contribution in [3.63, 3.8) is 0 Å². The zero-order valence-electron chi connectivity index (χ0n) is 28.2. The number of likely N-dealkylation sites (N-methyl/N-ethyl adjacent to an activating group) is 1. The van der Waals surface area contributed by atoms with E-state index in [1.54, 1.807) is 12.1 Å². The Morgan fingerprint density at radius 3 is 2.66 bits per heavy atom. The summed E-state index contributed by atoms with van der Waals surface area (Å²) in [6.07, 6.45) is 15.2. The molecule has 5 rings (SSSR count). The molecule has 1 aliphatic carbocycles. The average molecular weight is 634 g/mol. The van der Waals surface area contributed by atoms with Crippen molar-refractivity contribution in [1.82, 2.24) is 30.4 Å². The number of aromatic amines is 2. The van der Waals surface area contributed by atoms with Gasteiger partial charge in [-0.1, -0.05) is 50.3 Å². The number of nitrogens with one attached hydrogen (secondary N) is 4. The van der Waals surface area contributed by atoms with Crippen LogP contribution < -0.4 is 10.6 Å². The van der Waals surface area contributed by atoms with Crippen molar-refractivity contribution >= 4 is 27.9 Å². The molecule has 0 atom stereocenters. The fourth-order valence-corrected chi connectivity index (χ4v) is 6.27. The molecule has 4 N–H and O–H groups in total. The molecule has 47 heavy (non-hydrogen) atoms. The molecule has 0 aliphatic heterocycles. The molecule has 0 amide bonds. The van der Waals surface area contributed by atoms with Crippen molar-refractivity contribution in [2.45, 2.75) is 39.5 Å². The molecule has 3 aromatic heterocycles. The normalized spacial score (nSPS) is 14.8. The van der Waals surface area contributed by atoms with Gasteiger partial charge in [0.05, 0.1) is 16.9 Å². The third-order valence-corrected chi connectivity index (χ3v) is 8.80. The van der Waals surface area contributed by atoms with Crippen molar-refractivity contribution < 1.29 is 4.39 Å². The topological polar surface area (TPSA) is 84.7 Å². The molecule has 1 aromatic carbocycles. The standard InChI is InChI=1S/C39H48FN7/c1-7-12-33(30-20-31(40)22-32(21-30)42-17-18-47(5)6)34-23-37(43-26(34)4)39-38-36(45-46-39)16-15-35(44-38)29(9-3)19-27(8-2)24-41-25-28-13-10-11-14-28/h7-9,12,15-16,19-23,28,41-43H,1-2,10-11,13-14,17-18,24-25H2,3-6H3,(H,45,46)/b27-19+,29-9+,33-12-. The van der Waals surface area contributed by atoms with Crippen LogP contribution in [0.25, 0.3) is 33.6 Å². The van der Waals surface area contributed by atoms with Crippen LogP contribution in [0, 0.1) is 18.7 Å². The Morgan fingerprint density at radius 1 is 1.13 bits per heavy atom. The SMILES string of the molecule is C=C/C=C(/c1cc(F)cc(NCCN(C)C)c1)c1cc(-c2n[nH]c3ccc(C(/C=C(\C=C)CNCC4CCCC4)=C/C)nc23)[nH]c1C. The van der Waals surface area contributed by atoms with E-state index in [9.17, 15) is 4.39 Å². The number of fused-ring (bicyclic) bond motifs is 1. The molecule has 0 spiro atoms. The Balaban J connectivity index is 1.42. The number of hydrogen-bond donors (Lipinski definition) is 4. The van der Waals surface area contributed by atoms with Crippen LogP contribution in [0.4, 0.5) is 10.1 Å². The highest BCUT2D eigenvalue weighted by molar-refractivity contribution is 5.92. The highest BCUT2D eigenvalue weighted by Crippen LogP contribution is 2.34. The summed E-state index contributed by atoms with van der Waals surface area (Å²) in [7, 11) is 4.03. The van der Waals surface area contributed by atoms with Crippen molar-refractivity contribution in [3.05, 3.63) is 114 Å². The second-order valence-corrected chi connectivity index (χ2v) is 12.6. The first kappa shape index (κ1) is 33.8. The molecule has 0 unspecified atom stereocenters. The number of benzene rings is 1. The summed E-state index contributed by atoms with van der Waals surface area (Å²) in [5.41, 5.74) is 10.4. The quantitative estimate of drug-likeness (QED) is 0.0991. The molecule has 0 radical (unpaired) electrons. The van der Waals surface area contributed by atoms with E-state index in [1.807, 2.05) is 58.3 Å². The van der Waals surface area contributed by atoms with Gasteiger partial charge in [-0.3, -0.25) is 5.10 Å². The molecule has 1 fully saturated rings. The van der Waals surface area contributed by atoms with Gasteiger partial charge in [-0.25, -0.2) is 9.37 Å². The van der Waals surface area contributed by atoms with Crippen LogP contribution in [-0.2, 0) is 0 Å². The molecule has 246 valence electrons. The summed E-state index contributed by atoms with van der Waals surface area (Å²) < 4.78 is 14.8. The minimum absolute atomic E-state index is 0.300. The van der Waals surface area contributed by atoms with Crippen LogP contribution in [0.5, 0.6) is 0 Å². The maximum atomic E-state index is 14.8. The van der Waals surface area contributed by atoms with Crippen molar-refractivity contribution in [3.8, 4) is 11.4 Å². The predicted molar refractivity (Wildman–Crippen MR) is 196 cm³/mol. The lowest BCUT2D eigenvalue weighted by molar-refractivity contribution is 0.425. The molecule has 8 heteroatoms. The van der Waals surface area contributed by atoms with E-state index in [-0.39, 0.29) is 5.82 Å². The fraction of sp³-hybridized carbons (Fsp3) is 0.333. The summed E-state index contributed by atoms with van der Waals surface area (Å²) in [4.78, 5) is 10.7. The second kappa shape index (κ2) is 15.8. The molecule has 3 heterocycles. The van der Waals surface area contributed by atoms with Crippen LogP contribution >= 0.6 is 0 Å². The maximum Gasteiger partial charge on any atom is 0.135 e. The summed E-state index contributed by atoms with van der Waals surface area (Å²) in [5, 5.41) is 14.8. The third-order valence-electron chi connectivity index (χ3n) is 8.80. The van der Waals surface area contributed by atoms with Gasteiger partial charge >= 0.3 is 0 Å². The zero-order chi connectivity index (χ0) is 33.3. The van der Waals surface area contributed by atoms with Gasteiger partial charge in [0.25, 0.3) is 0 Å². The second-order valence-electron chi connectivity index (χ2n) is 12.6. The lowest BCUT2D eigenvalue weighted by Crippen LogP contribution is -2.23. The number of halogens is 1. The average Bonchev–Trinajstić information content (AvgIpc) is 3.81. The monoisotopic (exact) mass is 633 g/mol. The number of H-pyrrole nitrogens is 2. The lowest BCUT2D eigenvalue weighted by Gasteiger charge is -2.14. The summed E-state index contributed by atoms with van der Waals surface area (Å²) >= 11 is 0. The smallest absolute Gasteiger partial charge is 0.135 e. The Morgan fingerprint density at radius 2 is 1.94 bits per heavy atom. The van der Waals surface area contributed by atoms with Gasteiger partial charge in [0.1, 0.15) is 17.0 Å². The minimum atomic E-state index is -0.300. The molecule has 7 nitrogen and oxygen atoms in total. The van der Waals surface area contributed by atoms with E-state index in [1.165, 1.54) is 31.7 Å². The van der Waals surface area contributed by atoms with Gasteiger partial charge in [0.15, 0.2) is 0 Å². The largest absolute Gasteiger partial charge is 0.384 e. The van der Waals surface area contributed by atoms with Crippen LogP contribution in [0.15, 0.2) is 85.5 Å². The fourth-order valence-electron chi connectivity index (χ4n) is 6.27. The van der Waals surface area contributed by atoms with Crippen molar-refractivity contribution in [2.24, 2.45) is 5.92 Å². The first-order valence-electron chi connectivity index (χ1n) is 16.6. The van der Waals surface area contributed by atoms with E-state index in [4.69, 9.17) is 4.98 Å².